The Morgan fingerprint density at radius 3 is 2.36 bits per heavy atom. The summed E-state index contributed by atoms with van der Waals surface area (Å²) >= 11 is 0. The van der Waals surface area contributed by atoms with Crippen LogP contribution in [0.25, 0.3) is 0 Å². The molecule has 1 heterocycles. The van der Waals surface area contributed by atoms with E-state index in [9.17, 15) is 26.7 Å². The van der Waals surface area contributed by atoms with Gasteiger partial charge >= 0.3 is 6.18 Å². The van der Waals surface area contributed by atoms with Gasteiger partial charge in [0.2, 0.25) is 0 Å². The molecule has 144 valence electrons. The minimum atomic E-state index is -4.55. The van der Waals surface area contributed by atoms with Gasteiger partial charge in [-0.25, -0.2) is 8.78 Å². The summed E-state index contributed by atoms with van der Waals surface area (Å²) in [5, 5.41) is 4.94. The molecule has 0 radical (unpaired) electrons. The number of halogens is 5. The molecule has 0 aliphatic carbocycles. The van der Waals surface area contributed by atoms with Crippen molar-refractivity contribution < 1.29 is 26.7 Å². The number of aromatic nitrogens is 1. The number of rotatable bonds is 4. The van der Waals surface area contributed by atoms with Gasteiger partial charge in [0.05, 0.1) is 11.3 Å². The predicted molar refractivity (Wildman–Crippen MR) is 93.3 cm³/mol. The maximum Gasteiger partial charge on any atom is 0.418 e. The van der Waals surface area contributed by atoms with Gasteiger partial charge in [-0.2, -0.15) is 13.2 Å². The van der Waals surface area contributed by atoms with Crippen LogP contribution >= 0.6 is 0 Å². The summed E-state index contributed by atoms with van der Waals surface area (Å²) in [4.78, 5) is 16.1. The highest BCUT2D eigenvalue weighted by molar-refractivity contribution is 6.03. The zero-order valence-electron chi connectivity index (χ0n) is 14.0. The van der Waals surface area contributed by atoms with Gasteiger partial charge < -0.3 is 10.6 Å². The summed E-state index contributed by atoms with van der Waals surface area (Å²) in [6.45, 7) is 0. The Morgan fingerprint density at radius 1 is 0.893 bits per heavy atom. The number of alkyl halides is 3. The largest absolute Gasteiger partial charge is 0.418 e. The second-order valence-electron chi connectivity index (χ2n) is 5.68. The molecule has 0 spiro atoms. The van der Waals surface area contributed by atoms with Gasteiger partial charge in [0.15, 0.2) is 11.6 Å². The number of nitrogens with zero attached hydrogens (tertiary/aromatic N) is 1. The zero-order valence-corrected chi connectivity index (χ0v) is 14.0. The average molecular weight is 393 g/mol. The summed E-state index contributed by atoms with van der Waals surface area (Å²) in [5.41, 5.74) is -0.972. The van der Waals surface area contributed by atoms with Crippen LogP contribution in [-0.2, 0) is 6.18 Å². The van der Waals surface area contributed by atoms with Crippen LogP contribution in [0.3, 0.4) is 0 Å². The van der Waals surface area contributed by atoms with Crippen LogP contribution in [0.5, 0.6) is 0 Å². The Labute approximate surface area is 156 Å². The quantitative estimate of drug-likeness (QED) is 0.586. The lowest BCUT2D eigenvalue weighted by molar-refractivity contribution is -0.136. The Hall–Kier alpha value is -3.49. The van der Waals surface area contributed by atoms with E-state index in [2.05, 4.69) is 15.6 Å². The van der Waals surface area contributed by atoms with Crippen molar-refractivity contribution in [2.45, 2.75) is 6.18 Å². The fraction of sp³-hybridized carbons (Fsp3) is 0.0526. The van der Waals surface area contributed by atoms with E-state index in [1.165, 1.54) is 36.5 Å². The van der Waals surface area contributed by atoms with Crippen LogP contribution in [0.4, 0.5) is 39.0 Å². The number of benzene rings is 2. The van der Waals surface area contributed by atoms with Gasteiger partial charge in [0.1, 0.15) is 5.69 Å². The van der Waals surface area contributed by atoms with E-state index < -0.39 is 29.3 Å². The molecule has 0 saturated heterocycles. The molecular weight excluding hydrogens is 381 g/mol. The minimum Gasteiger partial charge on any atom is -0.355 e. The highest BCUT2D eigenvalue weighted by atomic mass is 19.4. The number of nitrogens with one attached hydrogen (secondary N) is 2. The van der Waals surface area contributed by atoms with Gasteiger partial charge in [-0.3, -0.25) is 9.78 Å². The van der Waals surface area contributed by atoms with E-state index >= 15 is 0 Å². The van der Waals surface area contributed by atoms with Crippen LogP contribution in [0.1, 0.15) is 16.1 Å². The van der Waals surface area contributed by atoms with Crippen molar-refractivity contribution in [2.75, 3.05) is 10.6 Å². The molecule has 3 rings (SSSR count). The number of hydrogen-bond acceptors (Lipinski definition) is 3. The first-order valence-corrected chi connectivity index (χ1v) is 7.90. The van der Waals surface area contributed by atoms with E-state index in [1.807, 2.05) is 0 Å². The lowest BCUT2D eigenvalue weighted by Crippen LogP contribution is -2.14. The van der Waals surface area contributed by atoms with Crippen molar-refractivity contribution in [3.05, 3.63) is 83.7 Å². The molecule has 1 amide bonds. The molecule has 0 aliphatic rings. The minimum absolute atomic E-state index is 0.00600. The second kappa shape index (κ2) is 7.63. The molecule has 0 saturated carbocycles. The Balaban J connectivity index is 1.81. The molecule has 1 aromatic heterocycles. The Kier molecular flexibility index (Phi) is 5.25. The summed E-state index contributed by atoms with van der Waals surface area (Å²) in [5.74, 6) is -2.94. The standard InChI is InChI=1S/C19H12F5N3O/c20-14-6-5-11(9-15(14)21)27-18(28)17-10-12(7-8-25-17)26-16-4-2-1-3-13(16)19(22,23)24/h1-10H,(H,25,26)(H,27,28). The van der Waals surface area contributed by atoms with Crippen LogP contribution < -0.4 is 10.6 Å². The average Bonchev–Trinajstić information content (AvgIpc) is 2.64. The maximum absolute atomic E-state index is 13.2. The molecule has 2 aromatic carbocycles. The molecule has 3 aromatic rings. The van der Waals surface area contributed by atoms with E-state index in [4.69, 9.17) is 0 Å². The van der Waals surface area contributed by atoms with Gasteiger partial charge in [0.25, 0.3) is 5.91 Å². The van der Waals surface area contributed by atoms with E-state index in [0.717, 1.165) is 24.3 Å². The van der Waals surface area contributed by atoms with Gasteiger partial charge in [-0.05, 0) is 36.4 Å². The normalized spacial score (nSPS) is 11.2. The van der Waals surface area contributed by atoms with E-state index in [-0.39, 0.29) is 22.8 Å². The van der Waals surface area contributed by atoms with Gasteiger partial charge in [0, 0.05) is 23.6 Å². The summed E-state index contributed by atoms with van der Waals surface area (Å²) in [6.07, 6.45) is -3.32. The van der Waals surface area contributed by atoms with Crippen molar-refractivity contribution in [3.8, 4) is 0 Å². The maximum atomic E-state index is 13.2. The monoisotopic (exact) mass is 393 g/mol. The van der Waals surface area contributed by atoms with Crippen molar-refractivity contribution in [2.24, 2.45) is 0 Å². The van der Waals surface area contributed by atoms with Crippen LogP contribution in [0.2, 0.25) is 0 Å². The van der Waals surface area contributed by atoms with E-state index in [0.29, 0.717) is 0 Å². The SMILES string of the molecule is O=C(Nc1ccc(F)c(F)c1)c1cc(Nc2ccccc2C(F)(F)F)ccn1. The van der Waals surface area contributed by atoms with Crippen LogP contribution in [0, 0.1) is 11.6 Å². The van der Waals surface area contributed by atoms with Crippen LogP contribution in [0.15, 0.2) is 60.8 Å². The smallest absolute Gasteiger partial charge is 0.355 e. The highest BCUT2D eigenvalue weighted by Gasteiger charge is 2.33. The van der Waals surface area contributed by atoms with Crippen molar-refractivity contribution in [3.63, 3.8) is 0 Å². The lowest BCUT2D eigenvalue weighted by Gasteiger charge is -2.14. The highest BCUT2D eigenvalue weighted by Crippen LogP contribution is 2.35. The third-order valence-electron chi connectivity index (χ3n) is 3.68. The Morgan fingerprint density at radius 2 is 1.64 bits per heavy atom. The number of amides is 1. The molecule has 9 heteroatoms. The molecule has 28 heavy (non-hydrogen) atoms. The summed E-state index contributed by atoms with van der Waals surface area (Å²) in [7, 11) is 0. The topological polar surface area (TPSA) is 54.0 Å². The summed E-state index contributed by atoms with van der Waals surface area (Å²) in [6, 6.07) is 10.3. The van der Waals surface area contributed by atoms with Gasteiger partial charge in [-0.1, -0.05) is 12.1 Å². The molecule has 2 N–H and O–H groups in total. The fourth-order valence-electron chi connectivity index (χ4n) is 2.40. The third kappa shape index (κ3) is 4.43. The molecule has 0 fully saturated rings. The molecule has 0 atom stereocenters. The molecular formula is C19H12F5N3O. The van der Waals surface area contributed by atoms with Crippen molar-refractivity contribution in [1.29, 1.82) is 0 Å². The van der Waals surface area contributed by atoms with Crippen LogP contribution in [-0.4, -0.2) is 10.9 Å². The summed E-state index contributed by atoms with van der Waals surface area (Å²) < 4.78 is 65.4. The number of carbonyl (C=O) groups is 1. The van der Waals surface area contributed by atoms with Gasteiger partial charge in [-0.15, -0.1) is 0 Å². The first kappa shape index (κ1) is 19.3. The fourth-order valence-corrected chi connectivity index (χ4v) is 2.40. The van der Waals surface area contributed by atoms with Crippen molar-refractivity contribution >= 4 is 23.0 Å². The third-order valence-corrected chi connectivity index (χ3v) is 3.68. The molecule has 0 aliphatic heterocycles. The second-order valence-corrected chi connectivity index (χ2v) is 5.68. The zero-order chi connectivity index (χ0) is 20.3. The van der Waals surface area contributed by atoms with Crippen molar-refractivity contribution in [1.82, 2.24) is 4.98 Å². The lowest BCUT2D eigenvalue weighted by atomic mass is 10.1. The molecule has 0 bridgehead atoms. The number of anilines is 3. The molecule has 4 nitrogen and oxygen atoms in total. The molecule has 0 unspecified atom stereocenters. The Bertz CT molecular complexity index is 1020. The number of carbonyl (C=O) groups excluding carboxylic acids is 1. The predicted octanol–water partition coefficient (Wildman–Crippen LogP) is 5.37. The first-order valence-electron chi connectivity index (χ1n) is 7.90. The number of hydrogen-bond donors (Lipinski definition) is 2. The first-order chi connectivity index (χ1) is 13.2. The number of pyridine rings is 1. The van der Waals surface area contributed by atoms with E-state index in [1.54, 1.807) is 0 Å². The number of para-hydroxylation sites is 1.